The topological polar surface area (TPSA) is 116 Å². The normalized spacial score (nSPS) is 11.3. The minimum absolute atomic E-state index is 0.0213. The summed E-state index contributed by atoms with van der Waals surface area (Å²) in [6, 6.07) is 0.734. The molecule has 0 saturated heterocycles. The lowest BCUT2D eigenvalue weighted by molar-refractivity contribution is -0.141. The van der Waals surface area contributed by atoms with Crippen LogP contribution in [0.4, 0.5) is 18.2 Å². The molecule has 2 aromatic heterocycles. The van der Waals surface area contributed by atoms with E-state index in [2.05, 4.69) is 10.4 Å². The summed E-state index contributed by atoms with van der Waals surface area (Å²) in [4.78, 5) is 35.8. The molecule has 2 rings (SSSR count). The van der Waals surface area contributed by atoms with Crippen molar-refractivity contribution in [1.82, 2.24) is 9.78 Å². The second-order valence-corrected chi connectivity index (χ2v) is 6.31. The lowest BCUT2D eigenvalue weighted by Gasteiger charge is -2.07. The maximum atomic E-state index is 12.6. The Morgan fingerprint density at radius 2 is 2.04 bits per heavy atom. The van der Waals surface area contributed by atoms with Gasteiger partial charge < -0.3 is 15.8 Å². The van der Waals surface area contributed by atoms with Gasteiger partial charge in [0.2, 0.25) is 5.91 Å². The van der Waals surface area contributed by atoms with Crippen molar-refractivity contribution in [2.45, 2.75) is 26.6 Å². The molecule has 8 nitrogen and oxygen atoms in total. The van der Waals surface area contributed by atoms with Gasteiger partial charge in [0, 0.05) is 6.20 Å². The quantitative estimate of drug-likeness (QED) is 0.716. The molecule has 0 spiro atoms. The molecule has 0 saturated carbocycles. The molecule has 3 N–H and O–H groups in total. The number of rotatable bonds is 6. The van der Waals surface area contributed by atoms with Crippen LogP contribution in [-0.4, -0.2) is 34.2 Å². The maximum absolute atomic E-state index is 12.6. The Balaban J connectivity index is 2.24. The van der Waals surface area contributed by atoms with E-state index in [-0.39, 0.29) is 27.6 Å². The Labute approximate surface area is 155 Å². The largest absolute Gasteiger partial charge is 0.462 e. The molecule has 0 fully saturated rings. The van der Waals surface area contributed by atoms with Crippen molar-refractivity contribution in [1.29, 1.82) is 0 Å². The van der Waals surface area contributed by atoms with Crippen molar-refractivity contribution in [3.63, 3.8) is 0 Å². The van der Waals surface area contributed by atoms with Gasteiger partial charge in [0.1, 0.15) is 11.5 Å². The third-order valence-electron chi connectivity index (χ3n) is 3.34. The van der Waals surface area contributed by atoms with E-state index in [0.29, 0.717) is 0 Å². The Kier molecular flexibility index (Phi) is 5.88. The number of carbonyl (C=O) groups excluding carboxylic acids is 3. The lowest BCUT2D eigenvalue weighted by Crippen LogP contribution is -2.20. The van der Waals surface area contributed by atoms with Crippen molar-refractivity contribution >= 4 is 34.1 Å². The molecule has 0 aliphatic heterocycles. The summed E-state index contributed by atoms with van der Waals surface area (Å²) in [5.41, 5.74) is 4.34. The summed E-state index contributed by atoms with van der Waals surface area (Å²) in [5, 5.41) is 5.68. The highest BCUT2D eigenvalue weighted by Gasteiger charge is 2.33. The van der Waals surface area contributed by atoms with E-state index in [1.165, 1.54) is 6.92 Å². The van der Waals surface area contributed by atoms with Gasteiger partial charge in [0.05, 0.1) is 17.0 Å². The number of nitrogens with two attached hydrogens (primary N) is 1. The van der Waals surface area contributed by atoms with Crippen LogP contribution in [0.2, 0.25) is 0 Å². The summed E-state index contributed by atoms with van der Waals surface area (Å²) >= 11 is 0.780. The molecule has 2 amide bonds. The molecular formula is C15H15F3N4O4S. The molecule has 27 heavy (non-hydrogen) atoms. The minimum atomic E-state index is -4.62. The molecule has 0 bridgehead atoms. The summed E-state index contributed by atoms with van der Waals surface area (Å²) in [6.07, 6.45) is -3.62. The average Bonchev–Trinajstić information content (AvgIpc) is 3.12. The number of carbonyl (C=O) groups is 3. The van der Waals surface area contributed by atoms with Gasteiger partial charge in [-0.3, -0.25) is 14.3 Å². The van der Waals surface area contributed by atoms with E-state index in [4.69, 9.17) is 10.5 Å². The number of alkyl halides is 3. The Hall–Kier alpha value is -2.89. The second kappa shape index (κ2) is 7.78. The first-order valence-electron chi connectivity index (χ1n) is 7.55. The summed E-state index contributed by atoms with van der Waals surface area (Å²) in [7, 11) is 0. The number of anilines is 1. The zero-order valence-electron chi connectivity index (χ0n) is 14.2. The predicted octanol–water partition coefficient (Wildman–Crippen LogP) is 2.19. The highest BCUT2D eigenvalue weighted by atomic mass is 32.1. The highest BCUT2D eigenvalue weighted by Crippen LogP contribution is 2.33. The van der Waals surface area contributed by atoms with Crippen LogP contribution in [-0.2, 0) is 22.3 Å². The fraction of sp³-hybridized carbons (Fsp3) is 0.333. The average molecular weight is 404 g/mol. The van der Waals surface area contributed by atoms with E-state index in [1.54, 1.807) is 6.92 Å². The number of nitrogens with zero attached hydrogens (tertiary/aromatic N) is 2. The Morgan fingerprint density at radius 3 is 2.56 bits per heavy atom. The molecule has 146 valence electrons. The first-order valence-corrected chi connectivity index (χ1v) is 8.37. The third kappa shape index (κ3) is 4.64. The van der Waals surface area contributed by atoms with Gasteiger partial charge in [-0.2, -0.15) is 18.3 Å². The number of primary amides is 1. The van der Waals surface area contributed by atoms with Crippen LogP contribution in [0, 0.1) is 6.92 Å². The van der Waals surface area contributed by atoms with Gasteiger partial charge >= 0.3 is 12.1 Å². The molecule has 0 aromatic carbocycles. The predicted molar refractivity (Wildman–Crippen MR) is 89.4 cm³/mol. The van der Waals surface area contributed by atoms with E-state index >= 15 is 0 Å². The standard InChI is InChI=1S/C15H15F3N4O4S/c1-3-26-14(25)10-7(2)11(12(19)24)27-13(10)20-9(23)6-22-5-4-8(21-22)15(16,17)18/h4-5H,3,6H2,1-2H3,(H2,19,24)(H,20,23). The van der Waals surface area contributed by atoms with Crippen LogP contribution in [0.5, 0.6) is 0 Å². The lowest BCUT2D eigenvalue weighted by atomic mass is 10.1. The van der Waals surface area contributed by atoms with Crippen LogP contribution in [0.25, 0.3) is 0 Å². The molecule has 2 aromatic rings. The monoisotopic (exact) mass is 404 g/mol. The number of hydrogen-bond acceptors (Lipinski definition) is 6. The van der Waals surface area contributed by atoms with Crippen molar-refractivity contribution in [3.8, 4) is 0 Å². The molecule has 0 aliphatic rings. The summed E-state index contributed by atoms with van der Waals surface area (Å²) in [6.45, 7) is 2.60. The zero-order chi connectivity index (χ0) is 20.4. The van der Waals surface area contributed by atoms with E-state index in [9.17, 15) is 27.6 Å². The fourth-order valence-electron chi connectivity index (χ4n) is 2.20. The number of ether oxygens (including phenoxy) is 1. The number of nitrogens with one attached hydrogen (secondary N) is 1. The Morgan fingerprint density at radius 1 is 1.37 bits per heavy atom. The molecule has 2 heterocycles. The first-order chi connectivity index (χ1) is 12.5. The fourth-order valence-corrected chi connectivity index (χ4v) is 3.26. The number of aromatic nitrogens is 2. The molecule has 0 aliphatic carbocycles. The molecule has 0 unspecified atom stereocenters. The molecule has 0 radical (unpaired) electrons. The summed E-state index contributed by atoms with van der Waals surface area (Å²) in [5.74, 6) is -2.28. The smallest absolute Gasteiger partial charge is 0.435 e. The maximum Gasteiger partial charge on any atom is 0.435 e. The van der Waals surface area contributed by atoms with Gasteiger partial charge in [0.15, 0.2) is 5.69 Å². The highest BCUT2D eigenvalue weighted by molar-refractivity contribution is 7.18. The van der Waals surface area contributed by atoms with Crippen LogP contribution < -0.4 is 11.1 Å². The van der Waals surface area contributed by atoms with Crippen molar-refractivity contribution in [3.05, 3.63) is 34.0 Å². The number of amides is 2. The van der Waals surface area contributed by atoms with Gasteiger partial charge in [-0.15, -0.1) is 11.3 Å². The zero-order valence-corrected chi connectivity index (χ0v) is 15.0. The number of esters is 1. The van der Waals surface area contributed by atoms with E-state index in [1.807, 2.05) is 0 Å². The van der Waals surface area contributed by atoms with E-state index < -0.39 is 36.2 Å². The van der Waals surface area contributed by atoms with Gasteiger partial charge in [-0.25, -0.2) is 4.79 Å². The van der Waals surface area contributed by atoms with Gasteiger partial charge in [0.25, 0.3) is 5.91 Å². The molecular weight excluding hydrogens is 389 g/mol. The van der Waals surface area contributed by atoms with Crippen molar-refractivity contribution < 1.29 is 32.3 Å². The van der Waals surface area contributed by atoms with Crippen LogP contribution >= 0.6 is 11.3 Å². The number of thiophene rings is 1. The molecule has 12 heteroatoms. The SMILES string of the molecule is CCOC(=O)c1c(NC(=O)Cn2ccc(C(F)(F)F)n2)sc(C(N)=O)c1C. The van der Waals surface area contributed by atoms with Crippen molar-refractivity contribution in [2.75, 3.05) is 11.9 Å². The van der Waals surface area contributed by atoms with Crippen LogP contribution in [0.1, 0.15) is 38.2 Å². The van der Waals surface area contributed by atoms with Crippen LogP contribution in [0.15, 0.2) is 12.3 Å². The number of hydrogen-bond donors (Lipinski definition) is 2. The summed E-state index contributed by atoms with van der Waals surface area (Å²) < 4.78 is 43.4. The van der Waals surface area contributed by atoms with Gasteiger partial charge in [-0.05, 0) is 25.5 Å². The third-order valence-corrected chi connectivity index (χ3v) is 4.56. The second-order valence-electron chi connectivity index (χ2n) is 5.29. The minimum Gasteiger partial charge on any atom is -0.462 e. The number of halogens is 3. The molecule has 0 atom stereocenters. The first kappa shape index (κ1) is 20.4. The van der Waals surface area contributed by atoms with Crippen molar-refractivity contribution in [2.24, 2.45) is 5.73 Å². The van der Waals surface area contributed by atoms with Crippen LogP contribution in [0.3, 0.4) is 0 Å². The Bertz CT molecular complexity index is 888. The van der Waals surface area contributed by atoms with E-state index in [0.717, 1.165) is 28.3 Å². The van der Waals surface area contributed by atoms with Gasteiger partial charge in [-0.1, -0.05) is 0 Å².